The van der Waals surface area contributed by atoms with Crippen molar-refractivity contribution >= 4 is 15.9 Å². The molecule has 0 radical (unpaired) electrons. The molecule has 0 saturated carbocycles. The lowest BCUT2D eigenvalue weighted by atomic mass is 10.3. The van der Waals surface area contributed by atoms with Gasteiger partial charge in [0.2, 0.25) is 0 Å². The van der Waals surface area contributed by atoms with Gasteiger partial charge in [0.1, 0.15) is 12.3 Å². The van der Waals surface area contributed by atoms with Crippen LogP contribution in [0.2, 0.25) is 0 Å². The Morgan fingerprint density at radius 1 is 1.53 bits per heavy atom. The third kappa shape index (κ3) is 4.67. The lowest BCUT2D eigenvalue weighted by Gasteiger charge is -2.08. The molecule has 1 rings (SSSR count). The van der Waals surface area contributed by atoms with Gasteiger partial charge < -0.3 is 4.74 Å². The molecule has 1 unspecified atom stereocenters. The van der Waals surface area contributed by atoms with E-state index in [4.69, 9.17) is 0 Å². The van der Waals surface area contributed by atoms with Crippen molar-refractivity contribution in [3.63, 3.8) is 0 Å². The molecule has 1 aromatic rings. The predicted molar refractivity (Wildman–Crippen MR) is 60.6 cm³/mol. The second-order valence-electron chi connectivity index (χ2n) is 3.77. The van der Waals surface area contributed by atoms with E-state index in [-0.39, 0.29) is 12.6 Å². The fourth-order valence-corrected chi connectivity index (χ4v) is 1.58. The van der Waals surface area contributed by atoms with E-state index in [2.05, 4.69) is 25.8 Å². The van der Waals surface area contributed by atoms with Crippen molar-refractivity contribution < 1.29 is 17.9 Å². The first-order valence-electron chi connectivity index (χ1n) is 5.21. The molecule has 1 aromatic heterocycles. The van der Waals surface area contributed by atoms with E-state index in [1.54, 1.807) is 10.9 Å². The molecule has 1 atom stereocenters. The van der Waals surface area contributed by atoms with E-state index in [9.17, 15) is 13.2 Å². The number of halogens is 4. The zero-order valence-electron chi connectivity index (χ0n) is 9.59. The van der Waals surface area contributed by atoms with Crippen LogP contribution in [0.4, 0.5) is 13.2 Å². The monoisotopic (exact) mass is 314 g/mol. The average Bonchev–Trinajstić information content (AvgIpc) is 2.57. The fourth-order valence-electron chi connectivity index (χ4n) is 1.18. The van der Waals surface area contributed by atoms with Crippen LogP contribution < -0.4 is 0 Å². The molecular formula is C10H14BrF3N2O. The van der Waals surface area contributed by atoms with Gasteiger partial charge in [-0.1, -0.05) is 6.92 Å². The van der Waals surface area contributed by atoms with Gasteiger partial charge in [0, 0.05) is 12.2 Å². The lowest BCUT2D eigenvalue weighted by molar-refractivity contribution is -0.176. The summed E-state index contributed by atoms with van der Waals surface area (Å²) in [7, 11) is 0. The Hall–Kier alpha value is -0.560. The van der Waals surface area contributed by atoms with Crippen LogP contribution in [0.5, 0.6) is 0 Å². The van der Waals surface area contributed by atoms with Gasteiger partial charge in [0.05, 0.1) is 11.1 Å². The zero-order valence-corrected chi connectivity index (χ0v) is 11.2. The number of ether oxygens (including phenoxy) is 1. The minimum atomic E-state index is -4.30. The summed E-state index contributed by atoms with van der Waals surface area (Å²) in [6, 6.07) is 0.211. The molecule has 0 bridgehead atoms. The molecule has 0 aromatic carbocycles. The van der Waals surface area contributed by atoms with Gasteiger partial charge in [-0.05, 0) is 29.3 Å². The molecule has 0 saturated heterocycles. The molecule has 0 spiro atoms. The Morgan fingerprint density at radius 3 is 2.71 bits per heavy atom. The number of alkyl halides is 3. The van der Waals surface area contributed by atoms with E-state index < -0.39 is 12.8 Å². The van der Waals surface area contributed by atoms with Crippen molar-refractivity contribution in [3.8, 4) is 0 Å². The Labute approximate surface area is 106 Å². The van der Waals surface area contributed by atoms with Gasteiger partial charge >= 0.3 is 6.18 Å². The molecule has 98 valence electrons. The highest BCUT2D eigenvalue weighted by Gasteiger charge is 2.27. The minimum absolute atomic E-state index is 0.149. The Bertz CT molecular complexity index is 365. The molecule has 1 heterocycles. The molecule has 17 heavy (non-hydrogen) atoms. The van der Waals surface area contributed by atoms with Crippen molar-refractivity contribution in [3.05, 3.63) is 16.4 Å². The molecule has 0 aliphatic carbocycles. The summed E-state index contributed by atoms with van der Waals surface area (Å²) in [4.78, 5) is 0. The molecule has 3 nitrogen and oxygen atoms in total. The number of hydrogen-bond acceptors (Lipinski definition) is 2. The first-order valence-corrected chi connectivity index (χ1v) is 6.00. The maximum atomic E-state index is 11.9. The second kappa shape index (κ2) is 5.86. The van der Waals surface area contributed by atoms with Crippen molar-refractivity contribution in [1.29, 1.82) is 0 Å². The van der Waals surface area contributed by atoms with Crippen LogP contribution in [0.1, 0.15) is 32.0 Å². The Morgan fingerprint density at radius 2 is 2.18 bits per heavy atom. The third-order valence-corrected chi connectivity index (χ3v) is 2.97. The van der Waals surface area contributed by atoms with E-state index in [1.807, 2.05) is 13.8 Å². The van der Waals surface area contributed by atoms with Gasteiger partial charge in [0.25, 0.3) is 0 Å². The normalized spacial score (nSPS) is 14.0. The first kappa shape index (κ1) is 14.5. The highest BCUT2D eigenvalue weighted by molar-refractivity contribution is 9.10. The van der Waals surface area contributed by atoms with Crippen LogP contribution >= 0.6 is 15.9 Å². The standard InChI is InChI=1S/C10H14BrF3N2O/c1-3-7(2)16-4-8(11)9(15-16)5-17-6-10(12,13)14/h4,7H,3,5-6H2,1-2H3. The van der Waals surface area contributed by atoms with Crippen molar-refractivity contribution in [2.45, 2.75) is 39.1 Å². The van der Waals surface area contributed by atoms with Crippen LogP contribution in [0.15, 0.2) is 10.7 Å². The maximum Gasteiger partial charge on any atom is 0.411 e. The second-order valence-corrected chi connectivity index (χ2v) is 4.62. The summed E-state index contributed by atoms with van der Waals surface area (Å²) in [6.07, 6.45) is -1.65. The summed E-state index contributed by atoms with van der Waals surface area (Å²) in [6.45, 7) is 2.60. The third-order valence-electron chi connectivity index (χ3n) is 2.30. The smallest absolute Gasteiger partial charge is 0.366 e. The summed E-state index contributed by atoms with van der Waals surface area (Å²) >= 11 is 3.25. The van der Waals surface area contributed by atoms with E-state index >= 15 is 0 Å². The molecule has 0 amide bonds. The lowest BCUT2D eigenvalue weighted by Crippen LogP contribution is -2.17. The quantitative estimate of drug-likeness (QED) is 0.828. The maximum absolute atomic E-state index is 11.9. The molecular weight excluding hydrogens is 301 g/mol. The van der Waals surface area contributed by atoms with Crippen molar-refractivity contribution in [2.75, 3.05) is 6.61 Å². The fraction of sp³-hybridized carbons (Fsp3) is 0.700. The number of nitrogens with zero attached hydrogens (tertiary/aromatic N) is 2. The Kier molecular flexibility index (Phi) is 5.00. The summed E-state index contributed by atoms with van der Waals surface area (Å²) in [5, 5.41) is 4.18. The van der Waals surface area contributed by atoms with Crippen molar-refractivity contribution in [1.82, 2.24) is 9.78 Å². The minimum Gasteiger partial charge on any atom is -0.366 e. The topological polar surface area (TPSA) is 27.1 Å². The number of rotatable bonds is 5. The van der Waals surface area contributed by atoms with E-state index in [1.165, 1.54) is 0 Å². The van der Waals surface area contributed by atoms with Crippen LogP contribution in [0, 0.1) is 0 Å². The van der Waals surface area contributed by atoms with Crippen LogP contribution in [-0.4, -0.2) is 22.6 Å². The van der Waals surface area contributed by atoms with Crippen LogP contribution in [0.3, 0.4) is 0 Å². The van der Waals surface area contributed by atoms with E-state index in [0.29, 0.717) is 10.2 Å². The summed E-state index contributed by atoms with van der Waals surface area (Å²) < 4.78 is 42.6. The first-order chi connectivity index (χ1) is 7.83. The Balaban J connectivity index is 2.57. The van der Waals surface area contributed by atoms with E-state index in [0.717, 1.165) is 6.42 Å². The molecule has 0 aliphatic rings. The largest absolute Gasteiger partial charge is 0.411 e. The zero-order chi connectivity index (χ0) is 13.1. The molecule has 7 heteroatoms. The summed E-state index contributed by atoms with van der Waals surface area (Å²) in [5.41, 5.74) is 0.481. The van der Waals surface area contributed by atoms with Gasteiger partial charge in [-0.3, -0.25) is 4.68 Å². The molecule has 0 aliphatic heterocycles. The molecule has 0 N–H and O–H groups in total. The van der Waals surface area contributed by atoms with Crippen LogP contribution in [-0.2, 0) is 11.3 Å². The summed E-state index contributed by atoms with van der Waals surface area (Å²) in [5.74, 6) is 0. The van der Waals surface area contributed by atoms with Gasteiger partial charge in [0.15, 0.2) is 0 Å². The predicted octanol–water partition coefficient (Wildman–Crippen LogP) is 3.70. The van der Waals surface area contributed by atoms with Crippen molar-refractivity contribution in [2.24, 2.45) is 0 Å². The number of aromatic nitrogens is 2. The molecule has 0 fully saturated rings. The SMILES string of the molecule is CCC(C)n1cc(Br)c(COCC(F)(F)F)n1. The van der Waals surface area contributed by atoms with Gasteiger partial charge in [-0.2, -0.15) is 18.3 Å². The number of hydrogen-bond donors (Lipinski definition) is 0. The highest BCUT2D eigenvalue weighted by Crippen LogP contribution is 2.21. The van der Waals surface area contributed by atoms with Gasteiger partial charge in [-0.25, -0.2) is 0 Å². The van der Waals surface area contributed by atoms with Gasteiger partial charge in [-0.15, -0.1) is 0 Å². The van der Waals surface area contributed by atoms with Crippen LogP contribution in [0.25, 0.3) is 0 Å². The average molecular weight is 315 g/mol. The highest BCUT2D eigenvalue weighted by atomic mass is 79.9.